The molecule has 148 valence electrons. The molecule has 2 unspecified atom stereocenters. The van der Waals surface area contributed by atoms with Gasteiger partial charge in [-0.15, -0.1) is 0 Å². The number of para-hydroxylation sites is 1. The van der Waals surface area contributed by atoms with Crippen molar-refractivity contribution in [3.8, 4) is 5.75 Å². The van der Waals surface area contributed by atoms with Crippen LogP contribution in [0.3, 0.4) is 0 Å². The summed E-state index contributed by atoms with van der Waals surface area (Å²) in [7, 11) is 4.07. The highest BCUT2D eigenvalue weighted by atomic mass is 16.3. The van der Waals surface area contributed by atoms with E-state index in [2.05, 4.69) is 29.0 Å². The molecule has 0 aromatic heterocycles. The fourth-order valence-electron chi connectivity index (χ4n) is 3.70. The molecule has 27 heavy (non-hydrogen) atoms. The van der Waals surface area contributed by atoms with Gasteiger partial charge in [0.05, 0.1) is 0 Å². The second-order valence-electron chi connectivity index (χ2n) is 7.10. The third kappa shape index (κ3) is 6.33. The Bertz CT molecular complexity index is 666. The van der Waals surface area contributed by atoms with Gasteiger partial charge in [-0.1, -0.05) is 48.5 Å². The predicted octanol–water partition coefficient (Wildman–Crippen LogP) is 2.46. The Balaban J connectivity index is 2.16. The van der Waals surface area contributed by atoms with Crippen molar-refractivity contribution >= 4 is 0 Å². The number of nitrogens with zero attached hydrogens (tertiary/aromatic N) is 2. The smallest absolute Gasteiger partial charge is 0.120 e. The van der Waals surface area contributed by atoms with E-state index in [0.29, 0.717) is 19.4 Å². The van der Waals surface area contributed by atoms with Gasteiger partial charge in [-0.3, -0.25) is 9.80 Å². The first kappa shape index (κ1) is 21.4. The third-order valence-electron chi connectivity index (χ3n) is 5.11. The lowest BCUT2D eigenvalue weighted by molar-refractivity contribution is 0.0652. The Kier molecular flexibility index (Phi) is 8.75. The van der Waals surface area contributed by atoms with Gasteiger partial charge in [-0.05, 0) is 38.6 Å². The molecule has 0 saturated carbocycles. The number of aliphatic hydroxyl groups excluding tert-OH is 2. The van der Waals surface area contributed by atoms with Crippen LogP contribution in [0.2, 0.25) is 0 Å². The Morgan fingerprint density at radius 3 is 1.81 bits per heavy atom. The van der Waals surface area contributed by atoms with Crippen LogP contribution < -0.4 is 0 Å². The maximum atomic E-state index is 10.1. The fourth-order valence-corrected chi connectivity index (χ4v) is 3.70. The highest BCUT2D eigenvalue weighted by molar-refractivity contribution is 5.31. The van der Waals surface area contributed by atoms with Crippen LogP contribution in [0.25, 0.3) is 0 Å². The highest BCUT2D eigenvalue weighted by Crippen LogP contribution is 2.23. The molecular weight excluding hydrogens is 340 g/mol. The quantitative estimate of drug-likeness (QED) is 0.565. The lowest BCUT2D eigenvalue weighted by Gasteiger charge is -2.39. The number of hydrogen-bond donors (Lipinski definition) is 3. The molecule has 0 aliphatic carbocycles. The van der Waals surface area contributed by atoms with Crippen molar-refractivity contribution in [2.75, 3.05) is 27.3 Å². The van der Waals surface area contributed by atoms with E-state index in [1.54, 1.807) is 6.07 Å². The van der Waals surface area contributed by atoms with Gasteiger partial charge in [0.15, 0.2) is 0 Å². The van der Waals surface area contributed by atoms with Gasteiger partial charge in [-0.2, -0.15) is 0 Å². The van der Waals surface area contributed by atoms with Crippen molar-refractivity contribution < 1.29 is 15.3 Å². The number of benzene rings is 2. The topological polar surface area (TPSA) is 67.2 Å². The maximum Gasteiger partial charge on any atom is 0.120 e. The fraction of sp³-hybridized carbons (Fsp3) is 0.455. The van der Waals surface area contributed by atoms with Crippen molar-refractivity contribution in [2.45, 2.75) is 38.0 Å². The molecule has 0 saturated heterocycles. The summed E-state index contributed by atoms with van der Waals surface area (Å²) in [6, 6.07) is 17.7. The molecule has 2 aromatic rings. The van der Waals surface area contributed by atoms with E-state index in [9.17, 15) is 15.3 Å². The van der Waals surface area contributed by atoms with Crippen LogP contribution in [0.15, 0.2) is 54.6 Å². The van der Waals surface area contributed by atoms with Crippen molar-refractivity contribution in [3.63, 3.8) is 0 Å². The van der Waals surface area contributed by atoms with Crippen molar-refractivity contribution in [1.82, 2.24) is 9.80 Å². The summed E-state index contributed by atoms with van der Waals surface area (Å²) in [5, 5.41) is 29.4. The van der Waals surface area contributed by atoms with Crippen LogP contribution in [0, 0.1) is 0 Å². The molecule has 2 aromatic carbocycles. The van der Waals surface area contributed by atoms with Crippen LogP contribution in [0.5, 0.6) is 5.75 Å². The molecule has 0 aliphatic rings. The number of aliphatic hydroxyl groups is 2. The number of hydrogen-bond acceptors (Lipinski definition) is 5. The number of rotatable bonds is 11. The lowest BCUT2D eigenvalue weighted by Crippen LogP contribution is -2.49. The summed E-state index contributed by atoms with van der Waals surface area (Å²) < 4.78 is 0. The third-order valence-corrected chi connectivity index (χ3v) is 5.11. The Labute approximate surface area is 162 Å². The lowest BCUT2D eigenvalue weighted by atomic mass is 9.97. The molecule has 5 nitrogen and oxygen atoms in total. The summed E-state index contributed by atoms with van der Waals surface area (Å²) in [6.45, 7) is 1.53. The molecular formula is C22H32N2O3. The van der Waals surface area contributed by atoms with E-state index in [-0.39, 0.29) is 31.0 Å². The van der Waals surface area contributed by atoms with Gasteiger partial charge < -0.3 is 15.3 Å². The molecule has 0 fully saturated rings. The normalized spacial score (nSPS) is 13.9. The molecule has 0 radical (unpaired) electrons. The first-order valence-corrected chi connectivity index (χ1v) is 9.49. The first-order valence-electron chi connectivity index (χ1n) is 9.49. The molecule has 0 amide bonds. The van der Waals surface area contributed by atoms with E-state index in [1.165, 1.54) is 5.56 Å². The minimum absolute atomic E-state index is 0.0514. The summed E-state index contributed by atoms with van der Waals surface area (Å²) in [5.74, 6) is 0.281. The highest BCUT2D eigenvalue weighted by Gasteiger charge is 2.28. The van der Waals surface area contributed by atoms with E-state index in [1.807, 2.05) is 43.4 Å². The molecule has 0 bridgehead atoms. The van der Waals surface area contributed by atoms with E-state index >= 15 is 0 Å². The summed E-state index contributed by atoms with van der Waals surface area (Å²) >= 11 is 0. The van der Waals surface area contributed by atoms with Crippen LogP contribution in [0.1, 0.15) is 24.0 Å². The van der Waals surface area contributed by atoms with Crippen molar-refractivity contribution in [3.05, 3.63) is 65.7 Å². The van der Waals surface area contributed by atoms with Crippen LogP contribution in [-0.4, -0.2) is 64.5 Å². The zero-order valence-electron chi connectivity index (χ0n) is 16.3. The van der Waals surface area contributed by atoms with E-state index in [0.717, 1.165) is 12.1 Å². The summed E-state index contributed by atoms with van der Waals surface area (Å²) in [4.78, 5) is 4.40. The van der Waals surface area contributed by atoms with Gasteiger partial charge in [-0.25, -0.2) is 0 Å². The SMILES string of the molecule is CN(Cc1ccccc1)C(CCO)C(CCO)N(C)Cc1ccccc1O. The standard InChI is InChI=1S/C22H32N2O3/c1-23(16-18-8-4-3-5-9-18)20(12-14-25)21(13-15-26)24(2)17-19-10-6-7-11-22(19)27/h3-11,20-21,25-27H,12-17H2,1-2H3. The zero-order valence-corrected chi connectivity index (χ0v) is 16.3. The molecule has 0 aliphatic heterocycles. The van der Waals surface area contributed by atoms with Gasteiger partial charge in [0.25, 0.3) is 0 Å². The summed E-state index contributed by atoms with van der Waals surface area (Å²) in [6.07, 6.45) is 1.23. The summed E-state index contributed by atoms with van der Waals surface area (Å²) in [5.41, 5.74) is 2.07. The molecule has 5 heteroatoms. The monoisotopic (exact) mass is 372 g/mol. The number of phenolic OH excluding ortho intramolecular Hbond substituents is 1. The van der Waals surface area contributed by atoms with Gasteiger partial charge in [0, 0.05) is 44.0 Å². The van der Waals surface area contributed by atoms with Gasteiger partial charge >= 0.3 is 0 Å². The van der Waals surface area contributed by atoms with Crippen molar-refractivity contribution in [2.24, 2.45) is 0 Å². The van der Waals surface area contributed by atoms with Crippen molar-refractivity contribution in [1.29, 1.82) is 0 Å². The zero-order chi connectivity index (χ0) is 19.6. The molecule has 2 atom stereocenters. The van der Waals surface area contributed by atoms with Gasteiger partial charge in [0.1, 0.15) is 5.75 Å². The Morgan fingerprint density at radius 1 is 0.741 bits per heavy atom. The second kappa shape index (κ2) is 11.0. The first-order chi connectivity index (χ1) is 13.1. The largest absolute Gasteiger partial charge is 0.508 e. The maximum absolute atomic E-state index is 10.1. The molecule has 3 N–H and O–H groups in total. The number of phenols is 1. The van der Waals surface area contributed by atoms with Crippen LogP contribution in [0.4, 0.5) is 0 Å². The average molecular weight is 373 g/mol. The Morgan fingerprint density at radius 2 is 1.26 bits per heavy atom. The average Bonchev–Trinajstić information content (AvgIpc) is 2.67. The second-order valence-corrected chi connectivity index (χ2v) is 7.10. The number of likely N-dealkylation sites (N-methyl/N-ethyl adjacent to an activating group) is 2. The number of aromatic hydroxyl groups is 1. The van der Waals surface area contributed by atoms with Crippen LogP contribution in [-0.2, 0) is 13.1 Å². The predicted molar refractivity (Wildman–Crippen MR) is 108 cm³/mol. The Hall–Kier alpha value is -1.92. The van der Waals surface area contributed by atoms with E-state index < -0.39 is 0 Å². The molecule has 2 rings (SSSR count). The van der Waals surface area contributed by atoms with Crippen LogP contribution >= 0.6 is 0 Å². The minimum Gasteiger partial charge on any atom is -0.508 e. The van der Waals surface area contributed by atoms with E-state index in [4.69, 9.17) is 0 Å². The molecule has 0 spiro atoms. The minimum atomic E-state index is 0.0514. The molecule has 0 heterocycles. The van der Waals surface area contributed by atoms with Gasteiger partial charge in [0.2, 0.25) is 0 Å².